The first-order valence-electron chi connectivity index (χ1n) is 9.69. The summed E-state index contributed by atoms with van der Waals surface area (Å²) < 4.78 is 26.7. The molecule has 3 aromatic rings. The molecule has 152 valence electrons. The number of hydrogen-bond donors (Lipinski definition) is 0. The van der Waals surface area contributed by atoms with Gasteiger partial charge >= 0.3 is 0 Å². The molecule has 5 nitrogen and oxygen atoms in total. The summed E-state index contributed by atoms with van der Waals surface area (Å²) in [5, 5.41) is 3.89. The monoisotopic (exact) mass is 445 g/mol. The van der Waals surface area contributed by atoms with Crippen molar-refractivity contribution in [3.63, 3.8) is 0 Å². The van der Waals surface area contributed by atoms with Gasteiger partial charge in [0.15, 0.2) is 0 Å². The van der Waals surface area contributed by atoms with E-state index in [9.17, 15) is 8.42 Å². The zero-order valence-electron chi connectivity index (χ0n) is 16.2. The number of sulfonamides is 1. The number of aromatic nitrogens is 2. The molecule has 8 heteroatoms. The van der Waals surface area contributed by atoms with Gasteiger partial charge in [-0.1, -0.05) is 31.2 Å². The lowest BCUT2D eigenvalue weighted by molar-refractivity contribution is 0.477. The maximum atomic E-state index is 12.6. The average molecular weight is 446 g/mol. The highest BCUT2D eigenvalue weighted by Gasteiger charge is 2.27. The molecule has 0 N–H and O–H groups in total. The molecule has 3 heterocycles. The molecule has 0 bridgehead atoms. The van der Waals surface area contributed by atoms with Gasteiger partial charge in [-0.3, -0.25) is 0 Å². The molecule has 0 atom stereocenters. The topological polar surface area (TPSA) is 63.2 Å². The zero-order chi connectivity index (χ0) is 20.3. The number of benzene rings is 1. The van der Waals surface area contributed by atoms with Crippen molar-refractivity contribution in [3.05, 3.63) is 59.2 Å². The predicted octanol–water partition coefficient (Wildman–Crippen LogP) is 4.84. The first-order chi connectivity index (χ1) is 14.1. The van der Waals surface area contributed by atoms with E-state index in [1.165, 1.54) is 11.8 Å². The van der Waals surface area contributed by atoms with Gasteiger partial charge < -0.3 is 0 Å². The summed E-state index contributed by atoms with van der Waals surface area (Å²) in [6.45, 7) is 3.36. The fraction of sp³-hybridized carbons (Fsp3) is 0.333. The Kier molecular flexibility index (Phi) is 6.34. The average Bonchev–Trinajstić information content (AvgIpc) is 3.45. The Bertz CT molecular complexity index is 1060. The summed E-state index contributed by atoms with van der Waals surface area (Å²) >= 11 is 3.21. The summed E-state index contributed by atoms with van der Waals surface area (Å²) in [6.07, 6.45) is 4.36. The maximum Gasteiger partial charge on any atom is 0.244 e. The Hall–Kier alpha value is -1.74. The predicted molar refractivity (Wildman–Crippen MR) is 119 cm³/mol. The molecule has 2 aromatic heterocycles. The number of thioether (sulfide) groups is 1. The van der Waals surface area contributed by atoms with Crippen molar-refractivity contribution in [2.45, 2.75) is 41.9 Å². The highest BCUT2D eigenvalue weighted by molar-refractivity contribution is 7.98. The van der Waals surface area contributed by atoms with Crippen LogP contribution in [0, 0.1) is 0 Å². The molecule has 0 aliphatic carbocycles. The van der Waals surface area contributed by atoms with Gasteiger partial charge in [-0.05, 0) is 37.0 Å². The van der Waals surface area contributed by atoms with Gasteiger partial charge in [0.2, 0.25) is 10.0 Å². The molecule has 1 aliphatic rings. The van der Waals surface area contributed by atoms with Crippen LogP contribution >= 0.6 is 23.1 Å². The van der Waals surface area contributed by atoms with Crippen LogP contribution in [-0.2, 0) is 22.2 Å². The first kappa shape index (κ1) is 20.5. The second-order valence-corrected chi connectivity index (χ2v) is 10.7. The lowest BCUT2D eigenvalue weighted by Crippen LogP contribution is -2.27. The number of rotatable bonds is 7. The van der Waals surface area contributed by atoms with Gasteiger partial charge in [0.05, 0.1) is 10.7 Å². The third-order valence-corrected chi connectivity index (χ3v) is 8.74. The van der Waals surface area contributed by atoms with Gasteiger partial charge in [-0.2, -0.15) is 4.31 Å². The molecule has 1 saturated heterocycles. The normalized spacial score (nSPS) is 15.1. The van der Waals surface area contributed by atoms with Gasteiger partial charge in [0.25, 0.3) is 0 Å². The van der Waals surface area contributed by atoms with Crippen molar-refractivity contribution in [3.8, 4) is 10.6 Å². The second-order valence-electron chi connectivity index (χ2n) is 6.93. The number of pyridine rings is 1. The van der Waals surface area contributed by atoms with Crippen LogP contribution in [0.5, 0.6) is 0 Å². The Morgan fingerprint density at radius 3 is 2.52 bits per heavy atom. The summed E-state index contributed by atoms with van der Waals surface area (Å²) in [6, 6.07) is 12.0. The van der Waals surface area contributed by atoms with Crippen LogP contribution < -0.4 is 0 Å². The Morgan fingerprint density at radius 1 is 1.10 bits per heavy atom. The summed E-state index contributed by atoms with van der Waals surface area (Å²) in [4.78, 5) is 9.35. The molecular formula is C21H23N3O2S3. The molecule has 1 fully saturated rings. The van der Waals surface area contributed by atoms with E-state index < -0.39 is 10.0 Å². The van der Waals surface area contributed by atoms with Crippen molar-refractivity contribution in [2.75, 3.05) is 13.1 Å². The van der Waals surface area contributed by atoms with E-state index in [4.69, 9.17) is 4.98 Å². The molecule has 29 heavy (non-hydrogen) atoms. The summed E-state index contributed by atoms with van der Waals surface area (Å²) in [7, 11) is -3.40. The summed E-state index contributed by atoms with van der Waals surface area (Å²) in [5.74, 6) is 0.703. The van der Waals surface area contributed by atoms with Crippen LogP contribution in [0.2, 0.25) is 0 Å². The second kappa shape index (κ2) is 8.95. The van der Waals surface area contributed by atoms with Crippen LogP contribution in [0.25, 0.3) is 10.6 Å². The van der Waals surface area contributed by atoms with E-state index in [2.05, 4.69) is 41.6 Å². The minimum atomic E-state index is -3.40. The fourth-order valence-electron chi connectivity index (χ4n) is 3.22. The van der Waals surface area contributed by atoms with E-state index in [1.54, 1.807) is 39.5 Å². The lowest BCUT2D eigenvalue weighted by atomic mass is 10.1. The SMILES string of the molecule is CCc1ccc(-c2nc(CSc3ccc(S(=O)(=O)N4CCCC4)cn3)cs2)cc1. The van der Waals surface area contributed by atoms with Crippen LogP contribution in [-0.4, -0.2) is 35.8 Å². The third-order valence-electron chi connectivity index (χ3n) is 4.94. The summed E-state index contributed by atoms with van der Waals surface area (Å²) in [5.41, 5.74) is 3.46. The number of hydrogen-bond acceptors (Lipinski definition) is 6. The number of thiazole rings is 1. The van der Waals surface area contributed by atoms with E-state index >= 15 is 0 Å². The van der Waals surface area contributed by atoms with Crippen LogP contribution in [0.3, 0.4) is 0 Å². The van der Waals surface area contributed by atoms with E-state index in [0.29, 0.717) is 18.8 Å². The standard InChI is InChI=1S/C21H23N3O2S3/c1-2-16-5-7-17(8-6-16)21-23-18(15-28-21)14-27-20-10-9-19(13-22-20)29(25,26)24-11-3-4-12-24/h5-10,13,15H,2-4,11-12,14H2,1H3. The molecule has 0 spiro atoms. The van der Waals surface area contributed by atoms with Crippen molar-refractivity contribution in [1.29, 1.82) is 0 Å². The highest BCUT2D eigenvalue weighted by Crippen LogP contribution is 2.28. The quantitative estimate of drug-likeness (QED) is 0.487. The van der Waals surface area contributed by atoms with E-state index in [1.807, 2.05) is 0 Å². The Labute approximate surface area is 180 Å². The molecular weight excluding hydrogens is 422 g/mol. The fourth-order valence-corrected chi connectivity index (χ4v) is 6.35. The van der Waals surface area contributed by atoms with Gasteiger partial charge in [0.1, 0.15) is 9.90 Å². The van der Waals surface area contributed by atoms with E-state index in [-0.39, 0.29) is 4.90 Å². The maximum absolute atomic E-state index is 12.6. The molecule has 0 saturated carbocycles. The highest BCUT2D eigenvalue weighted by atomic mass is 32.2. The third kappa shape index (κ3) is 4.71. The number of aryl methyl sites for hydroxylation is 1. The smallest absolute Gasteiger partial charge is 0.244 e. The van der Waals surface area contributed by atoms with Gasteiger partial charge in [0, 0.05) is 36.0 Å². The molecule has 0 amide bonds. The molecule has 0 unspecified atom stereocenters. The van der Waals surface area contributed by atoms with Gasteiger partial charge in [-0.25, -0.2) is 18.4 Å². The molecule has 1 aliphatic heterocycles. The largest absolute Gasteiger partial charge is 0.249 e. The minimum Gasteiger partial charge on any atom is -0.249 e. The Balaban J connectivity index is 1.38. The van der Waals surface area contributed by atoms with Crippen molar-refractivity contribution in [1.82, 2.24) is 14.3 Å². The van der Waals surface area contributed by atoms with E-state index in [0.717, 1.165) is 40.6 Å². The zero-order valence-corrected chi connectivity index (χ0v) is 18.7. The molecule has 4 rings (SSSR count). The number of nitrogens with zero attached hydrogens (tertiary/aromatic N) is 3. The Morgan fingerprint density at radius 2 is 1.86 bits per heavy atom. The lowest BCUT2D eigenvalue weighted by Gasteiger charge is -2.15. The van der Waals surface area contributed by atoms with Crippen LogP contribution in [0.15, 0.2) is 57.9 Å². The molecule has 0 radical (unpaired) electrons. The minimum absolute atomic E-state index is 0.273. The van der Waals surface area contributed by atoms with Crippen LogP contribution in [0.1, 0.15) is 31.0 Å². The van der Waals surface area contributed by atoms with Gasteiger partial charge in [-0.15, -0.1) is 23.1 Å². The van der Waals surface area contributed by atoms with Crippen molar-refractivity contribution >= 4 is 33.1 Å². The molecule has 1 aromatic carbocycles. The van der Waals surface area contributed by atoms with Crippen molar-refractivity contribution in [2.24, 2.45) is 0 Å². The van der Waals surface area contributed by atoms with Crippen molar-refractivity contribution < 1.29 is 8.42 Å². The van der Waals surface area contributed by atoms with Crippen LogP contribution in [0.4, 0.5) is 0 Å². The first-order valence-corrected chi connectivity index (χ1v) is 13.0.